The van der Waals surface area contributed by atoms with Gasteiger partial charge in [-0.05, 0) is 60.6 Å². The first-order chi connectivity index (χ1) is 16.6. The second-order valence-corrected chi connectivity index (χ2v) is 8.73. The Morgan fingerprint density at radius 2 is 1.91 bits per heavy atom. The first kappa shape index (κ1) is 25.8. The molecule has 1 fully saturated rings. The highest BCUT2D eigenvalue weighted by Gasteiger charge is 2.35. The normalized spacial score (nSPS) is 19.5. The molecular formula is C25H31N3O7. The molecule has 188 valence electrons. The molecule has 2 atom stereocenters. The molecule has 10 nitrogen and oxygen atoms in total. The van der Waals surface area contributed by atoms with Gasteiger partial charge in [0.2, 0.25) is 11.8 Å². The van der Waals surface area contributed by atoms with Crippen LogP contribution < -0.4 is 10.6 Å². The van der Waals surface area contributed by atoms with Gasteiger partial charge in [0.15, 0.2) is 0 Å². The average Bonchev–Trinajstić information content (AvgIpc) is 2.96. The van der Waals surface area contributed by atoms with Crippen molar-refractivity contribution < 1.29 is 34.5 Å². The summed E-state index contributed by atoms with van der Waals surface area (Å²) in [6.07, 6.45) is 3.21. The number of carbonyl (C=O) groups excluding carboxylic acids is 3. The van der Waals surface area contributed by atoms with Gasteiger partial charge in [-0.1, -0.05) is 19.9 Å². The van der Waals surface area contributed by atoms with Crippen LogP contribution in [0.5, 0.6) is 5.75 Å². The Hall–Kier alpha value is -3.82. The van der Waals surface area contributed by atoms with Gasteiger partial charge >= 0.3 is 12.0 Å². The van der Waals surface area contributed by atoms with Gasteiger partial charge < -0.3 is 26.0 Å². The van der Waals surface area contributed by atoms with E-state index in [1.54, 1.807) is 25.1 Å². The Balaban J connectivity index is 1.80. The number of allylic oxidation sites excluding steroid dienone is 1. The summed E-state index contributed by atoms with van der Waals surface area (Å²) in [6, 6.07) is 3.65. The van der Waals surface area contributed by atoms with E-state index < -0.39 is 42.3 Å². The van der Waals surface area contributed by atoms with E-state index in [1.807, 2.05) is 6.92 Å². The summed E-state index contributed by atoms with van der Waals surface area (Å²) in [6.45, 7) is 3.40. The number of aliphatic carboxylic acids is 1. The molecule has 10 heteroatoms. The molecule has 0 saturated carbocycles. The standard InChI is InChI=1S/C25H31N3O7/c1-3-14-5-7-18(29)10-16(14)9-17-12-26-22(31)13-28(23(17)32)25(35)27-20(4-2)15-6-8-21(30)19(11-15)24(33)34/h5,7,10-11,17,20,29-30H,3-4,6,8-9,12-13H2,1-2H3,(H,26,31)(H,27,35)(H,33,34)/t17-,20+/m0/s1. The van der Waals surface area contributed by atoms with Gasteiger partial charge in [0, 0.05) is 13.0 Å². The number of phenolic OH excluding ortho intramolecular Hbond substituents is 1. The highest BCUT2D eigenvalue weighted by molar-refractivity contribution is 6.01. The fourth-order valence-electron chi connectivity index (χ4n) is 4.45. The summed E-state index contributed by atoms with van der Waals surface area (Å²) in [7, 11) is 0. The van der Waals surface area contributed by atoms with Crippen molar-refractivity contribution in [1.82, 2.24) is 15.5 Å². The number of aliphatic hydroxyl groups excluding tert-OH is 1. The molecule has 35 heavy (non-hydrogen) atoms. The van der Waals surface area contributed by atoms with E-state index in [0.29, 0.717) is 24.8 Å². The Labute approximate surface area is 203 Å². The number of imide groups is 1. The van der Waals surface area contributed by atoms with E-state index in [2.05, 4.69) is 10.6 Å². The van der Waals surface area contributed by atoms with Crippen molar-refractivity contribution in [3.63, 3.8) is 0 Å². The molecule has 1 aliphatic carbocycles. The maximum Gasteiger partial charge on any atom is 0.339 e. The third kappa shape index (κ3) is 6.00. The van der Waals surface area contributed by atoms with Gasteiger partial charge in [0.05, 0.1) is 17.5 Å². The van der Waals surface area contributed by atoms with E-state index in [9.17, 15) is 34.5 Å². The molecule has 0 spiro atoms. The molecule has 0 bridgehead atoms. The fraction of sp³-hybridized carbons (Fsp3) is 0.440. The Morgan fingerprint density at radius 3 is 2.57 bits per heavy atom. The number of nitrogens with one attached hydrogen (secondary N) is 2. The predicted octanol–water partition coefficient (Wildman–Crippen LogP) is 2.18. The van der Waals surface area contributed by atoms with Crippen molar-refractivity contribution in [2.45, 2.75) is 52.0 Å². The smallest absolute Gasteiger partial charge is 0.339 e. The van der Waals surface area contributed by atoms with Crippen LogP contribution in [-0.4, -0.2) is 63.2 Å². The molecular weight excluding hydrogens is 454 g/mol. The number of phenols is 1. The molecule has 1 aromatic carbocycles. The van der Waals surface area contributed by atoms with Crippen molar-refractivity contribution in [2.75, 3.05) is 13.1 Å². The van der Waals surface area contributed by atoms with Crippen LogP contribution in [0.2, 0.25) is 0 Å². The summed E-state index contributed by atoms with van der Waals surface area (Å²) in [5.74, 6) is -3.09. The topological polar surface area (TPSA) is 156 Å². The highest BCUT2D eigenvalue weighted by Crippen LogP contribution is 2.26. The summed E-state index contributed by atoms with van der Waals surface area (Å²) in [5, 5.41) is 34.5. The SMILES string of the molecule is CCc1ccc(O)cc1C[C@H]1CNC(=O)CN(C(=O)N[C@H](CC)C2=CC(C(=O)O)=C(O)CC2)C1=O. The zero-order valence-electron chi connectivity index (χ0n) is 19.8. The summed E-state index contributed by atoms with van der Waals surface area (Å²) >= 11 is 0. The third-order valence-electron chi connectivity index (χ3n) is 6.42. The number of nitrogens with zero attached hydrogens (tertiary/aromatic N) is 1. The number of carbonyl (C=O) groups is 4. The van der Waals surface area contributed by atoms with Crippen molar-refractivity contribution >= 4 is 23.8 Å². The van der Waals surface area contributed by atoms with Gasteiger partial charge in [-0.15, -0.1) is 0 Å². The third-order valence-corrected chi connectivity index (χ3v) is 6.42. The van der Waals surface area contributed by atoms with Crippen LogP contribution in [0.25, 0.3) is 0 Å². The van der Waals surface area contributed by atoms with Crippen LogP contribution >= 0.6 is 0 Å². The molecule has 4 amide bonds. The number of aromatic hydroxyl groups is 1. The molecule has 1 aliphatic heterocycles. The van der Waals surface area contributed by atoms with Crippen LogP contribution in [0.4, 0.5) is 4.79 Å². The Kier molecular flexibility index (Phi) is 8.16. The zero-order valence-corrected chi connectivity index (χ0v) is 19.8. The van der Waals surface area contributed by atoms with E-state index in [1.165, 1.54) is 6.08 Å². The number of hydrogen-bond donors (Lipinski definition) is 5. The highest BCUT2D eigenvalue weighted by atomic mass is 16.4. The molecule has 2 aliphatic rings. The van der Waals surface area contributed by atoms with Crippen molar-refractivity contribution in [3.8, 4) is 5.75 Å². The lowest BCUT2D eigenvalue weighted by atomic mass is 9.91. The molecule has 1 saturated heterocycles. The maximum absolute atomic E-state index is 13.3. The summed E-state index contributed by atoms with van der Waals surface area (Å²) < 4.78 is 0. The molecule has 1 heterocycles. The minimum Gasteiger partial charge on any atom is -0.511 e. The number of aliphatic hydroxyl groups is 1. The first-order valence-corrected chi connectivity index (χ1v) is 11.7. The van der Waals surface area contributed by atoms with E-state index >= 15 is 0 Å². The van der Waals surface area contributed by atoms with Crippen LogP contribution in [-0.2, 0) is 27.2 Å². The van der Waals surface area contributed by atoms with Crippen molar-refractivity contribution in [3.05, 3.63) is 52.3 Å². The Bertz CT molecular complexity index is 1090. The van der Waals surface area contributed by atoms with Gasteiger partial charge in [0.25, 0.3) is 0 Å². The van der Waals surface area contributed by atoms with Gasteiger partial charge in [-0.25, -0.2) is 9.59 Å². The van der Waals surface area contributed by atoms with Gasteiger partial charge in [-0.3, -0.25) is 14.5 Å². The number of urea groups is 1. The molecule has 3 rings (SSSR count). The van der Waals surface area contributed by atoms with Crippen LogP contribution in [0, 0.1) is 5.92 Å². The first-order valence-electron chi connectivity index (χ1n) is 11.7. The van der Waals surface area contributed by atoms with E-state index in [-0.39, 0.29) is 36.5 Å². The van der Waals surface area contributed by atoms with Gasteiger partial charge in [0.1, 0.15) is 18.1 Å². The lowest BCUT2D eigenvalue weighted by Gasteiger charge is -2.28. The molecule has 0 unspecified atom stereocenters. The largest absolute Gasteiger partial charge is 0.511 e. The number of amides is 4. The summed E-state index contributed by atoms with van der Waals surface area (Å²) in [4.78, 5) is 51.1. The minimum atomic E-state index is -1.26. The van der Waals surface area contributed by atoms with Crippen LogP contribution in [0.1, 0.15) is 44.2 Å². The average molecular weight is 486 g/mol. The quantitative estimate of drug-likeness (QED) is 0.396. The van der Waals surface area contributed by atoms with Crippen LogP contribution in [0.15, 0.2) is 41.2 Å². The van der Waals surface area contributed by atoms with E-state index in [4.69, 9.17) is 0 Å². The molecule has 5 N–H and O–H groups in total. The number of carboxylic acids is 1. The lowest BCUT2D eigenvalue weighted by Crippen LogP contribution is -2.51. The second kappa shape index (κ2) is 11.1. The summed E-state index contributed by atoms with van der Waals surface area (Å²) in [5.41, 5.74) is 2.13. The number of hydrogen-bond acceptors (Lipinski definition) is 6. The monoisotopic (exact) mass is 485 g/mol. The second-order valence-electron chi connectivity index (χ2n) is 8.73. The fourth-order valence-corrected chi connectivity index (χ4v) is 4.45. The number of carboxylic acid groups (broad SMARTS) is 1. The van der Waals surface area contributed by atoms with Crippen molar-refractivity contribution in [2.24, 2.45) is 5.92 Å². The number of rotatable bonds is 7. The predicted molar refractivity (Wildman–Crippen MR) is 127 cm³/mol. The van der Waals surface area contributed by atoms with E-state index in [0.717, 1.165) is 16.0 Å². The Morgan fingerprint density at radius 1 is 1.17 bits per heavy atom. The number of aryl methyl sites for hydroxylation is 1. The van der Waals surface area contributed by atoms with Crippen LogP contribution in [0.3, 0.4) is 0 Å². The van der Waals surface area contributed by atoms with Gasteiger partial charge in [-0.2, -0.15) is 0 Å². The molecule has 0 aromatic heterocycles. The maximum atomic E-state index is 13.3. The van der Waals surface area contributed by atoms with Crippen molar-refractivity contribution in [1.29, 1.82) is 0 Å². The molecule has 0 radical (unpaired) electrons. The lowest BCUT2D eigenvalue weighted by molar-refractivity contribution is -0.133. The zero-order chi connectivity index (χ0) is 25.7. The number of benzene rings is 1. The molecule has 1 aromatic rings. The minimum absolute atomic E-state index is 0.0641.